The number of carbonyl (C=O) groups is 1. The van der Waals surface area contributed by atoms with E-state index in [4.69, 9.17) is 5.73 Å². The summed E-state index contributed by atoms with van der Waals surface area (Å²) in [6.07, 6.45) is 2.96. The van der Waals surface area contributed by atoms with Crippen molar-refractivity contribution >= 4 is 5.91 Å². The predicted octanol–water partition coefficient (Wildman–Crippen LogP) is 1.74. The van der Waals surface area contributed by atoms with E-state index in [1.165, 1.54) is 12.8 Å². The Bertz CT molecular complexity index is 307. The molecule has 1 atom stereocenters. The maximum atomic E-state index is 12.0. The van der Waals surface area contributed by atoms with E-state index in [0.29, 0.717) is 18.4 Å². The van der Waals surface area contributed by atoms with Crippen LogP contribution < -0.4 is 11.1 Å². The molecule has 0 aromatic carbocycles. The Morgan fingerprint density at radius 2 is 2.05 bits per heavy atom. The number of hydrogen-bond acceptors (Lipinski definition) is 3. The van der Waals surface area contributed by atoms with Crippen molar-refractivity contribution in [2.24, 2.45) is 11.1 Å². The summed E-state index contributed by atoms with van der Waals surface area (Å²) in [7, 11) is 0. The van der Waals surface area contributed by atoms with Crippen LogP contribution in [0.2, 0.25) is 0 Å². The summed E-state index contributed by atoms with van der Waals surface area (Å²) in [4.78, 5) is 14.4. The molecule has 1 rings (SSSR count). The molecular weight excluding hydrogens is 238 g/mol. The summed E-state index contributed by atoms with van der Waals surface area (Å²) < 4.78 is 0. The number of likely N-dealkylation sites (tertiary alicyclic amines) is 1. The quantitative estimate of drug-likeness (QED) is 0.817. The molecule has 4 nitrogen and oxygen atoms in total. The van der Waals surface area contributed by atoms with Crippen LogP contribution in [0.3, 0.4) is 0 Å². The SMILES string of the molecule is CC1(C)CCCN(C(CN)CC(=O)NC(C)(C)C)C1. The second kappa shape index (κ2) is 6.23. The molecule has 1 saturated heterocycles. The summed E-state index contributed by atoms with van der Waals surface area (Å²) in [6.45, 7) is 13.3. The predicted molar refractivity (Wildman–Crippen MR) is 79.9 cm³/mol. The number of hydrogen-bond donors (Lipinski definition) is 2. The summed E-state index contributed by atoms with van der Waals surface area (Å²) in [5, 5.41) is 3.02. The highest BCUT2D eigenvalue weighted by molar-refractivity contribution is 5.77. The monoisotopic (exact) mass is 269 g/mol. The van der Waals surface area contributed by atoms with Gasteiger partial charge in [0.1, 0.15) is 0 Å². The maximum Gasteiger partial charge on any atom is 0.222 e. The summed E-state index contributed by atoms with van der Waals surface area (Å²) in [6, 6.07) is 0.168. The van der Waals surface area contributed by atoms with Crippen molar-refractivity contribution in [3.05, 3.63) is 0 Å². The number of nitrogens with one attached hydrogen (secondary N) is 1. The number of carbonyl (C=O) groups excluding carboxylic acids is 1. The summed E-state index contributed by atoms with van der Waals surface area (Å²) in [5.74, 6) is 0.103. The normalized spacial score (nSPS) is 22.0. The van der Waals surface area contributed by atoms with Gasteiger partial charge < -0.3 is 11.1 Å². The smallest absolute Gasteiger partial charge is 0.222 e. The third kappa shape index (κ3) is 5.91. The third-order valence-corrected chi connectivity index (χ3v) is 3.65. The second-order valence-electron chi connectivity index (χ2n) is 7.63. The van der Waals surface area contributed by atoms with E-state index >= 15 is 0 Å². The first-order valence-corrected chi connectivity index (χ1v) is 7.38. The van der Waals surface area contributed by atoms with Gasteiger partial charge in [0.25, 0.3) is 0 Å². The molecule has 1 aliphatic rings. The molecule has 19 heavy (non-hydrogen) atoms. The van der Waals surface area contributed by atoms with Crippen molar-refractivity contribution in [3.8, 4) is 0 Å². The molecule has 0 spiro atoms. The van der Waals surface area contributed by atoms with Crippen molar-refractivity contribution in [2.75, 3.05) is 19.6 Å². The van der Waals surface area contributed by atoms with Gasteiger partial charge in [0.05, 0.1) is 0 Å². The average Bonchev–Trinajstić information content (AvgIpc) is 2.21. The van der Waals surface area contributed by atoms with Crippen LogP contribution in [-0.2, 0) is 4.79 Å². The highest BCUT2D eigenvalue weighted by atomic mass is 16.1. The van der Waals surface area contributed by atoms with Crippen LogP contribution in [0.1, 0.15) is 53.9 Å². The van der Waals surface area contributed by atoms with Crippen LogP contribution in [0, 0.1) is 5.41 Å². The Morgan fingerprint density at radius 3 is 2.53 bits per heavy atom. The van der Waals surface area contributed by atoms with Gasteiger partial charge in [-0.15, -0.1) is 0 Å². The minimum Gasteiger partial charge on any atom is -0.351 e. The standard InChI is InChI=1S/C15H31N3O/c1-14(2,3)17-13(19)9-12(10-16)18-8-6-7-15(4,5)11-18/h12H,6-11,16H2,1-5H3,(H,17,19). The molecule has 1 aliphatic heterocycles. The molecule has 112 valence electrons. The topological polar surface area (TPSA) is 58.4 Å². The Labute approximate surface area is 118 Å². The fourth-order valence-corrected chi connectivity index (χ4v) is 2.83. The lowest BCUT2D eigenvalue weighted by molar-refractivity contribution is -0.124. The van der Waals surface area contributed by atoms with Crippen molar-refractivity contribution in [1.29, 1.82) is 0 Å². The molecule has 0 aromatic rings. The summed E-state index contributed by atoms with van der Waals surface area (Å²) in [5.41, 5.74) is 6.05. The molecular formula is C15H31N3O. The van der Waals surface area contributed by atoms with Crippen LogP contribution in [0.4, 0.5) is 0 Å². The van der Waals surface area contributed by atoms with Crippen molar-refractivity contribution in [1.82, 2.24) is 10.2 Å². The van der Waals surface area contributed by atoms with Crippen LogP contribution >= 0.6 is 0 Å². The van der Waals surface area contributed by atoms with E-state index in [2.05, 4.69) is 24.1 Å². The minimum absolute atomic E-state index is 0.103. The van der Waals surface area contributed by atoms with Crippen LogP contribution in [-0.4, -0.2) is 42.0 Å². The van der Waals surface area contributed by atoms with E-state index in [9.17, 15) is 4.79 Å². The lowest BCUT2D eigenvalue weighted by Gasteiger charge is -2.42. The molecule has 1 amide bonds. The van der Waals surface area contributed by atoms with Crippen molar-refractivity contribution in [3.63, 3.8) is 0 Å². The zero-order chi connectivity index (χ0) is 14.7. The number of amides is 1. The number of nitrogens with two attached hydrogens (primary N) is 1. The molecule has 1 unspecified atom stereocenters. The van der Waals surface area contributed by atoms with Crippen LogP contribution in [0.5, 0.6) is 0 Å². The Balaban J connectivity index is 2.56. The molecule has 0 saturated carbocycles. The van der Waals surface area contributed by atoms with Crippen LogP contribution in [0.15, 0.2) is 0 Å². The van der Waals surface area contributed by atoms with Gasteiger partial charge in [-0.2, -0.15) is 0 Å². The fourth-order valence-electron chi connectivity index (χ4n) is 2.83. The molecule has 1 heterocycles. The highest BCUT2D eigenvalue weighted by Crippen LogP contribution is 2.29. The van der Waals surface area contributed by atoms with Gasteiger partial charge >= 0.3 is 0 Å². The van der Waals surface area contributed by atoms with Gasteiger partial charge in [-0.1, -0.05) is 13.8 Å². The van der Waals surface area contributed by atoms with Crippen LogP contribution in [0.25, 0.3) is 0 Å². The Morgan fingerprint density at radius 1 is 1.42 bits per heavy atom. The zero-order valence-electron chi connectivity index (χ0n) is 13.3. The molecule has 4 heteroatoms. The van der Waals surface area contributed by atoms with Gasteiger partial charge in [0.2, 0.25) is 5.91 Å². The van der Waals surface area contributed by atoms with E-state index in [-0.39, 0.29) is 17.5 Å². The zero-order valence-corrected chi connectivity index (χ0v) is 13.3. The molecule has 0 bridgehead atoms. The number of nitrogens with zero attached hydrogens (tertiary/aromatic N) is 1. The van der Waals surface area contributed by atoms with E-state index in [0.717, 1.165) is 13.1 Å². The average molecular weight is 269 g/mol. The molecule has 0 radical (unpaired) electrons. The second-order valence-corrected chi connectivity index (χ2v) is 7.63. The fraction of sp³-hybridized carbons (Fsp3) is 0.933. The first-order chi connectivity index (χ1) is 8.63. The Hall–Kier alpha value is -0.610. The van der Waals surface area contributed by atoms with Gasteiger partial charge in [0.15, 0.2) is 0 Å². The maximum absolute atomic E-state index is 12.0. The van der Waals surface area contributed by atoms with Crippen molar-refractivity contribution < 1.29 is 4.79 Å². The van der Waals surface area contributed by atoms with Gasteiger partial charge in [-0.05, 0) is 45.6 Å². The number of piperidine rings is 1. The molecule has 3 N–H and O–H groups in total. The lowest BCUT2D eigenvalue weighted by Crippen LogP contribution is -2.51. The molecule has 0 aromatic heterocycles. The largest absolute Gasteiger partial charge is 0.351 e. The van der Waals surface area contributed by atoms with Gasteiger partial charge in [0, 0.05) is 31.1 Å². The first-order valence-electron chi connectivity index (χ1n) is 7.38. The van der Waals surface area contributed by atoms with Crippen molar-refractivity contribution in [2.45, 2.75) is 65.5 Å². The van der Waals surface area contributed by atoms with E-state index in [1.54, 1.807) is 0 Å². The van der Waals surface area contributed by atoms with E-state index < -0.39 is 0 Å². The number of rotatable bonds is 4. The van der Waals surface area contributed by atoms with E-state index in [1.807, 2.05) is 20.8 Å². The minimum atomic E-state index is -0.169. The Kier molecular flexibility index (Phi) is 5.39. The van der Waals surface area contributed by atoms with Gasteiger partial charge in [-0.3, -0.25) is 9.69 Å². The molecule has 1 fully saturated rings. The summed E-state index contributed by atoms with van der Waals surface area (Å²) >= 11 is 0. The van der Waals surface area contributed by atoms with Gasteiger partial charge in [-0.25, -0.2) is 0 Å². The third-order valence-electron chi connectivity index (χ3n) is 3.65. The highest BCUT2D eigenvalue weighted by Gasteiger charge is 2.31. The first kappa shape index (κ1) is 16.4. The molecule has 0 aliphatic carbocycles. The lowest BCUT2D eigenvalue weighted by atomic mass is 9.83.